The second kappa shape index (κ2) is 8.72. The van der Waals surface area contributed by atoms with E-state index in [2.05, 4.69) is 5.10 Å². The van der Waals surface area contributed by atoms with Crippen LogP contribution < -0.4 is 0 Å². The van der Waals surface area contributed by atoms with E-state index in [-0.39, 0.29) is 17.7 Å². The van der Waals surface area contributed by atoms with E-state index in [1.807, 2.05) is 84.9 Å². The Balaban J connectivity index is 1.32. The van der Waals surface area contributed by atoms with Crippen LogP contribution in [0.1, 0.15) is 18.0 Å². The number of amides is 1. The summed E-state index contributed by atoms with van der Waals surface area (Å²) in [4.78, 5) is 22.8. The number of carbonyl (C=O) groups is 1. The number of benzene rings is 3. The van der Waals surface area contributed by atoms with Crippen molar-refractivity contribution < 1.29 is 4.79 Å². The molecule has 0 saturated heterocycles. The quantitative estimate of drug-likeness (QED) is 0.270. The van der Waals surface area contributed by atoms with Crippen LogP contribution in [0.4, 0.5) is 0 Å². The van der Waals surface area contributed by atoms with Gasteiger partial charge in [0.25, 0.3) is 5.91 Å². The van der Waals surface area contributed by atoms with Crippen molar-refractivity contribution in [3.8, 4) is 11.4 Å². The summed E-state index contributed by atoms with van der Waals surface area (Å²) in [6, 6.07) is 27.6. The topological polar surface area (TPSA) is 75.8 Å². The van der Waals surface area contributed by atoms with Gasteiger partial charge in [-0.3, -0.25) is 4.79 Å². The lowest BCUT2D eigenvalue weighted by molar-refractivity contribution is -0.130. The van der Waals surface area contributed by atoms with Crippen LogP contribution in [-0.2, 0) is 4.79 Å². The minimum Gasteiger partial charge on any atom is -0.272 e. The van der Waals surface area contributed by atoms with E-state index in [0.29, 0.717) is 17.4 Å². The molecule has 0 radical (unpaired) electrons. The first-order valence-corrected chi connectivity index (χ1v) is 12.0. The molecule has 0 saturated carbocycles. The number of nitrogens with zero attached hydrogens (tertiary/aromatic N) is 6. The maximum Gasteiger partial charge on any atom is 0.253 e. The molecule has 3 heterocycles. The molecule has 5 aromatic rings. The molecule has 0 unspecified atom stereocenters. The first kappa shape index (κ1) is 20.6. The van der Waals surface area contributed by atoms with Crippen molar-refractivity contribution in [1.29, 1.82) is 0 Å². The molecule has 8 heteroatoms. The number of hydrogen-bond acceptors (Lipinski definition) is 6. The highest BCUT2D eigenvalue weighted by Gasteiger charge is 2.28. The second-order valence-electron chi connectivity index (χ2n) is 7.94. The Bertz CT molecular complexity index is 1520. The number of fused-ring (bicyclic) bond motifs is 3. The van der Waals surface area contributed by atoms with Gasteiger partial charge in [-0.25, -0.2) is 15.0 Å². The van der Waals surface area contributed by atoms with E-state index in [9.17, 15) is 4.79 Å². The highest BCUT2D eigenvalue weighted by Crippen LogP contribution is 2.30. The molecule has 0 bridgehead atoms. The fourth-order valence-corrected chi connectivity index (χ4v) is 4.93. The van der Waals surface area contributed by atoms with Gasteiger partial charge in [-0.1, -0.05) is 84.6 Å². The summed E-state index contributed by atoms with van der Waals surface area (Å²) >= 11 is 1.35. The standard InChI is InChI=1S/C26H20N6OS/c33-23(31-22(15-16-27-31)18-9-3-1-4-10-18)17-34-26-28-21-14-8-7-13-20(21)25-29-24(30-32(25)26)19-11-5-2-6-12-19/h1-14,16,22H,15,17H2/t22-/m0/s1. The van der Waals surface area contributed by atoms with E-state index in [4.69, 9.17) is 15.1 Å². The molecular weight excluding hydrogens is 444 g/mol. The van der Waals surface area contributed by atoms with Crippen LogP contribution >= 0.6 is 11.8 Å². The lowest BCUT2D eigenvalue weighted by Gasteiger charge is -2.22. The largest absolute Gasteiger partial charge is 0.272 e. The average Bonchev–Trinajstić information content (AvgIpc) is 3.57. The molecule has 7 nitrogen and oxygen atoms in total. The normalized spacial score (nSPS) is 15.4. The number of rotatable bonds is 5. The molecular formula is C26H20N6OS. The van der Waals surface area contributed by atoms with Gasteiger partial charge in [0.1, 0.15) is 0 Å². The van der Waals surface area contributed by atoms with Gasteiger partial charge in [0.15, 0.2) is 16.6 Å². The summed E-state index contributed by atoms with van der Waals surface area (Å²) < 4.78 is 1.74. The minimum atomic E-state index is -0.0741. The SMILES string of the molecule is O=C(CSc1nc2ccccc2c2nc(-c3ccccc3)nn12)N1N=CC[C@H]1c1ccccc1. The van der Waals surface area contributed by atoms with Crippen molar-refractivity contribution in [1.82, 2.24) is 24.6 Å². The zero-order chi connectivity index (χ0) is 22.9. The third-order valence-corrected chi connectivity index (χ3v) is 6.69. The average molecular weight is 465 g/mol. The van der Waals surface area contributed by atoms with Gasteiger partial charge < -0.3 is 0 Å². The predicted octanol–water partition coefficient (Wildman–Crippen LogP) is 5.00. The van der Waals surface area contributed by atoms with Crippen molar-refractivity contribution in [3.63, 3.8) is 0 Å². The third-order valence-electron chi connectivity index (χ3n) is 5.78. The molecule has 1 amide bonds. The Labute approximate surface area is 200 Å². The van der Waals surface area contributed by atoms with Crippen LogP contribution in [0, 0.1) is 0 Å². The molecule has 2 aromatic heterocycles. The Kier molecular flexibility index (Phi) is 5.27. The van der Waals surface area contributed by atoms with E-state index in [0.717, 1.165) is 27.7 Å². The Morgan fingerprint density at radius 3 is 2.47 bits per heavy atom. The van der Waals surface area contributed by atoms with Gasteiger partial charge in [0, 0.05) is 23.6 Å². The maximum atomic E-state index is 13.1. The molecule has 34 heavy (non-hydrogen) atoms. The second-order valence-corrected chi connectivity index (χ2v) is 8.88. The van der Waals surface area contributed by atoms with Crippen LogP contribution in [-0.4, -0.2) is 42.5 Å². The number of thioether (sulfide) groups is 1. The maximum absolute atomic E-state index is 13.1. The highest BCUT2D eigenvalue weighted by atomic mass is 32.2. The summed E-state index contributed by atoms with van der Waals surface area (Å²) in [6.07, 6.45) is 2.51. The lowest BCUT2D eigenvalue weighted by Crippen LogP contribution is -2.28. The number of aromatic nitrogens is 4. The predicted molar refractivity (Wildman–Crippen MR) is 134 cm³/mol. The molecule has 0 N–H and O–H groups in total. The van der Waals surface area contributed by atoms with Crippen LogP contribution in [0.25, 0.3) is 27.9 Å². The first-order chi connectivity index (χ1) is 16.8. The van der Waals surface area contributed by atoms with E-state index < -0.39 is 0 Å². The van der Waals surface area contributed by atoms with E-state index in [1.165, 1.54) is 11.8 Å². The van der Waals surface area contributed by atoms with Crippen molar-refractivity contribution >= 4 is 40.4 Å². The van der Waals surface area contributed by atoms with E-state index in [1.54, 1.807) is 15.7 Å². The van der Waals surface area contributed by atoms with Crippen molar-refractivity contribution in [2.24, 2.45) is 5.10 Å². The molecule has 6 rings (SSSR count). The molecule has 1 atom stereocenters. The van der Waals surface area contributed by atoms with Gasteiger partial charge in [-0.2, -0.15) is 9.62 Å². The molecule has 0 fully saturated rings. The molecule has 0 spiro atoms. The first-order valence-electron chi connectivity index (χ1n) is 11.0. The minimum absolute atomic E-state index is 0.0703. The number of para-hydroxylation sites is 1. The molecule has 3 aromatic carbocycles. The molecule has 0 aliphatic carbocycles. The Morgan fingerprint density at radius 2 is 1.65 bits per heavy atom. The fraction of sp³-hybridized carbons (Fsp3) is 0.115. The molecule has 166 valence electrons. The van der Waals surface area contributed by atoms with Crippen LogP contribution in [0.5, 0.6) is 0 Å². The Hall–Kier alpha value is -4.04. The number of carbonyl (C=O) groups excluding carboxylic acids is 1. The smallest absolute Gasteiger partial charge is 0.253 e. The fourth-order valence-electron chi connectivity index (χ4n) is 4.13. The Morgan fingerprint density at radius 1 is 0.912 bits per heavy atom. The van der Waals surface area contributed by atoms with Crippen molar-refractivity contribution in [3.05, 3.63) is 90.5 Å². The zero-order valence-electron chi connectivity index (χ0n) is 18.2. The van der Waals surface area contributed by atoms with E-state index >= 15 is 0 Å². The van der Waals surface area contributed by atoms with Crippen LogP contribution in [0.3, 0.4) is 0 Å². The monoisotopic (exact) mass is 464 g/mol. The summed E-state index contributed by atoms with van der Waals surface area (Å²) in [5.74, 6) is 0.751. The van der Waals surface area contributed by atoms with Crippen molar-refractivity contribution in [2.45, 2.75) is 17.6 Å². The van der Waals surface area contributed by atoms with Gasteiger partial charge in [0.2, 0.25) is 0 Å². The zero-order valence-corrected chi connectivity index (χ0v) is 19.0. The van der Waals surface area contributed by atoms with Gasteiger partial charge in [0.05, 0.1) is 17.3 Å². The molecule has 1 aliphatic rings. The van der Waals surface area contributed by atoms with Crippen LogP contribution in [0.15, 0.2) is 95.2 Å². The summed E-state index contributed by atoms with van der Waals surface area (Å²) in [7, 11) is 0. The lowest BCUT2D eigenvalue weighted by atomic mass is 10.0. The van der Waals surface area contributed by atoms with Gasteiger partial charge in [-0.15, -0.1) is 5.10 Å². The van der Waals surface area contributed by atoms with Gasteiger partial charge in [-0.05, 0) is 17.7 Å². The highest BCUT2D eigenvalue weighted by molar-refractivity contribution is 7.99. The van der Waals surface area contributed by atoms with Gasteiger partial charge >= 0.3 is 0 Å². The van der Waals surface area contributed by atoms with Crippen molar-refractivity contribution in [2.75, 3.05) is 5.75 Å². The van der Waals surface area contributed by atoms with Crippen LogP contribution in [0.2, 0.25) is 0 Å². The molecule has 1 aliphatic heterocycles. The summed E-state index contributed by atoms with van der Waals surface area (Å²) in [5, 5.41) is 12.2. The third kappa shape index (κ3) is 3.72. The summed E-state index contributed by atoms with van der Waals surface area (Å²) in [5.41, 5.74) is 3.55. The number of hydrazone groups is 1. The summed E-state index contributed by atoms with van der Waals surface area (Å²) in [6.45, 7) is 0. The number of hydrogen-bond donors (Lipinski definition) is 0.